The molecule has 0 bridgehead atoms. The average molecular weight is 415 g/mol. The molecule has 0 aliphatic rings. The zero-order chi connectivity index (χ0) is 18.9. The van der Waals surface area contributed by atoms with Crippen LogP contribution in [0.2, 0.25) is 0 Å². The van der Waals surface area contributed by atoms with Gasteiger partial charge in [-0.25, -0.2) is 14.8 Å². The zero-order valence-electron chi connectivity index (χ0n) is 14.0. The van der Waals surface area contributed by atoms with Crippen LogP contribution in [0.5, 0.6) is 0 Å². The third-order valence-electron chi connectivity index (χ3n) is 3.14. The molecule has 2 heterocycles. The number of thiazole rings is 2. The molecule has 26 heavy (non-hydrogen) atoms. The Labute approximate surface area is 162 Å². The van der Waals surface area contributed by atoms with E-state index in [1.807, 2.05) is 11.6 Å². The van der Waals surface area contributed by atoms with Crippen LogP contribution in [-0.4, -0.2) is 58.0 Å². The predicted octanol–water partition coefficient (Wildman–Crippen LogP) is 1.49. The molecule has 2 aromatic heterocycles. The van der Waals surface area contributed by atoms with Gasteiger partial charge < -0.3 is 15.7 Å². The van der Waals surface area contributed by atoms with E-state index in [-0.39, 0.29) is 12.5 Å². The first-order valence-corrected chi connectivity index (χ1v) is 10.8. The zero-order valence-corrected chi connectivity index (χ0v) is 16.4. The van der Waals surface area contributed by atoms with Crippen LogP contribution in [0.1, 0.15) is 21.9 Å². The topological polar surface area (TPSA) is 121 Å². The number of carbonyl (C=O) groups is 3. The van der Waals surface area contributed by atoms with E-state index in [2.05, 4.69) is 20.6 Å². The van der Waals surface area contributed by atoms with E-state index in [4.69, 9.17) is 5.11 Å². The Bertz CT molecular complexity index is 775. The van der Waals surface area contributed by atoms with Crippen molar-refractivity contribution >= 4 is 52.2 Å². The van der Waals surface area contributed by atoms with Gasteiger partial charge >= 0.3 is 11.9 Å². The lowest BCUT2D eigenvalue weighted by atomic mass is 10.4. The molecule has 3 N–H and O–H groups in total. The lowest BCUT2D eigenvalue weighted by Crippen LogP contribution is -2.32. The number of thioether (sulfide) groups is 1. The number of aromatic nitrogens is 2. The third kappa shape index (κ3) is 6.07. The van der Waals surface area contributed by atoms with Crippen molar-refractivity contribution in [3.05, 3.63) is 21.5 Å². The maximum atomic E-state index is 12.0. The molecule has 2 aromatic rings. The average Bonchev–Trinajstić information content (AvgIpc) is 3.27. The van der Waals surface area contributed by atoms with Crippen LogP contribution in [0.3, 0.4) is 0 Å². The minimum Gasteiger partial charge on any atom is -0.474 e. The molecule has 0 spiro atoms. The monoisotopic (exact) mass is 414 g/mol. The molecule has 0 fully saturated rings. The number of carboxylic acid groups (broad SMARTS) is 1. The van der Waals surface area contributed by atoms with Gasteiger partial charge in [-0.05, 0) is 18.4 Å². The van der Waals surface area contributed by atoms with Gasteiger partial charge in [-0.1, -0.05) is 0 Å². The molecule has 2 amide bonds. The molecule has 140 valence electrons. The van der Waals surface area contributed by atoms with Gasteiger partial charge in [0.25, 0.3) is 5.91 Å². The van der Waals surface area contributed by atoms with Crippen LogP contribution in [0, 0.1) is 0 Å². The highest BCUT2D eigenvalue weighted by molar-refractivity contribution is 7.98. The number of aliphatic carboxylic acids is 1. The lowest BCUT2D eigenvalue weighted by molar-refractivity contribution is -0.150. The SMILES string of the molecule is CSCCCNC(=O)c1csc(-c2csc(CCNC(=O)C(=O)O)n2)n1. The first-order chi connectivity index (χ1) is 12.5. The molecule has 0 aromatic carbocycles. The van der Waals surface area contributed by atoms with Crippen LogP contribution in [0.15, 0.2) is 10.8 Å². The van der Waals surface area contributed by atoms with Crippen LogP contribution < -0.4 is 10.6 Å². The van der Waals surface area contributed by atoms with Gasteiger partial charge in [0, 0.05) is 30.3 Å². The summed E-state index contributed by atoms with van der Waals surface area (Å²) in [4.78, 5) is 42.2. The van der Waals surface area contributed by atoms with Crippen molar-refractivity contribution in [2.45, 2.75) is 12.8 Å². The maximum Gasteiger partial charge on any atom is 0.394 e. The number of hydrogen-bond acceptors (Lipinski definition) is 8. The predicted molar refractivity (Wildman–Crippen MR) is 103 cm³/mol. The lowest BCUT2D eigenvalue weighted by Gasteiger charge is -2.01. The van der Waals surface area contributed by atoms with E-state index in [1.165, 1.54) is 22.7 Å². The van der Waals surface area contributed by atoms with Crippen LogP contribution in [-0.2, 0) is 16.0 Å². The first kappa shape index (κ1) is 20.3. The van der Waals surface area contributed by atoms with Crippen LogP contribution in [0.25, 0.3) is 10.7 Å². The quantitative estimate of drug-likeness (QED) is 0.420. The van der Waals surface area contributed by atoms with Crippen molar-refractivity contribution in [1.82, 2.24) is 20.6 Å². The molecule has 0 aliphatic carbocycles. The van der Waals surface area contributed by atoms with Crippen LogP contribution in [0.4, 0.5) is 0 Å². The van der Waals surface area contributed by atoms with E-state index in [0.29, 0.717) is 29.4 Å². The molecule has 0 aliphatic heterocycles. The van der Waals surface area contributed by atoms with Crippen molar-refractivity contribution in [3.63, 3.8) is 0 Å². The number of carbonyl (C=O) groups excluding carboxylic acids is 2. The minimum absolute atomic E-state index is 0.194. The highest BCUT2D eigenvalue weighted by Gasteiger charge is 2.14. The van der Waals surface area contributed by atoms with E-state index >= 15 is 0 Å². The molecular formula is C15H18N4O4S3. The van der Waals surface area contributed by atoms with E-state index in [9.17, 15) is 14.4 Å². The second-order valence-electron chi connectivity index (χ2n) is 5.08. The second kappa shape index (κ2) is 10.2. The fourth-order valence-corrected chi connectivity index (χ4v) is 3.94. The summed E-state index contributed by atoms with van der Waals surface area (Å²) in [6, 6.07) is 0. The van der Waals surface area contributed by atoms with Gasteiger partial charge in [0.2, 0.25) is 0 Å². The molecule has 0 radical (unpaired) electrons. The number of nitrogens with zero attached hydrogens (tertiary/aromatic N) is 2. The van der Waals surface area contributed by atoms with Gasteiger partial charge in [0.1, 0.15) is 16.4 Å². The van der Waals surface area contributed by atoms with Crippen LogP contribution >= 0.6 is 34.4 Å². The van der Waals surface area contributed by atoms with Gasteiger partial charge in [0.15, 0.2) is 0 Å². The van der Waals surface area contributed by atoms with E-state index < -0.39 is 11.9 Å². The Hall–Kier alpha value is -1.98. The smallest absolute Gasteiger partial charge is 0.394 e. The Balaban J connectivity index is 1.87. The third-order valence-corrected chi connectivity index (χ3v) is 5.61. The normalized spacial score (nSPS) is 10.5. The summed E-state index contributed by atoms with van der Waals surface area (Å²) in [5.41, 5.74) is 1.04. The Morgan fingerprint density at radius 3 is 2.69 bits per heavy atom. The maximum absolute atomic E-state index is 12.0. The van der Waals surface area contributed by atoms with Crippen molar-refractivity contribution in [2.24, 2.45) is 0 Å². The second-order valence-corrected chi connectivity index (χ2v) is 7.86. The fourth-order valence-electron chi connectivity index (χ4n) is 1.89. The van der Waals surface area contributed by atoms with Crippen molar-refractivity contribution < 1.29 is 19.5 Å². The summed E-state index contributed by atoms with van der Waals surface area (Å²) < 4.78 is 0. The number of rotatable bonds is 9. The van der Waals surface area contributed by atoms with Crippen molar-refractivity contribution in [1.29, 1.82) is 0 Å². The first-order valence-electron chi connectivity index (χ1n) is 7.69. The summed E-state index contributed by atoms with van der Waals surface area (Å²) in [6.07, 6.45) is 3.37. The minimum atomic E-state index is -1.51. The number of amides is 2. The van der Waals surface area contributed by atoms with Gasteiger partial charge in [-0.3, -0.25) is 9.59 Å². The number of hydrogen-bond donors (Lipinski definition) is 3. The summed E-state index contributed by atoms with van der Waals surface area (Å²) >= 11 is 4.47. The van der Waals surface area contributed by atoms with E-state index in [1.54, 1.807) is 17.1 Å². The largest absolute Gasteiger partial charge is 0.474 e. The fraction of sp³-hybridized carbons (Fsp3) is 0.400. The van der Waals surface area contributed by atoms with E-state index in [0.717, 1.165) is 17.2 Å². The Morgan fingerprint density at radius 2 is 1.96 bits per heavy atom. The van der Waals surface area contributed by atoms with Gasteiger partial charge in [-0.15, -0.1) is 22.7 Å². The molecule has 0 saturated carbocycles. The number of carboxylic acids is 1. The molecule has 2 rings (SSSR count). The molecule has 0 atom stereocenters. The summed E-state index contributed by atoms with van der Waals surface area (Å²) in [6.45, 7) is 0.815. The van der Waals surface area contributed by atoms with Gasteiger partial charge in [0.05, 0.1) is 5.01 Å². The Morgan fingerprint density at radius 1 is 1.15 bits per heavy atom. The standard InChI is InChI=1S/C15H18N4O4S3/c1-24-6-2-4-16-12(20)9-7-26-14(19-9)10-8-25-11(18-10)3-5-17-13(21)15(22)23/h7-8H,2-6H2,1H3,(H,16,20)(H,17,21)(H,22,23). The highest BCUT2D eigenvalue weighted by atomic mass is 32.2. The van der Waals surface area contributed by atoms with Crippen molar-refractivity contribution in [2.75, 3.05) is 25.1 Å². The number of nitrogens with one attached hydrogen (secondary N) is 2. The molecule has 0 saturated heterocycles. The van der Waals surface area contributed by atoms with Gasteiger partial charge in [-0.2, -0.15) is 11.8 Å². The van der Waals surface area contributed by atoms with Crippen molar-refractivity contribution in [3.8, 4) is 10.7 Å². The summed E-state index contributed by atoms with van der Waals surface area (Å²) in [5, 5.41) is 18.5. The summed E-state index contributed by atoms with van der Waals surface area (Å²) in [7, 11) is 0. The molecule has 0 unspecified atom stereocenters. The molecule has 8 nitrogen and oxygen atoms in total. The molecule has 11 heteroatoms. The Kier molecular flexibility index (Phi) is 8.01. The highest BCUT2D eigenvalue weighted by Crippen LogP contribution is 2.25. The molecular weight excluding hydrogens is 396 g/mol. The summed E-state index contributed by atoms with van der Waals surface area (Å²) in [5.74, 6) is -1.74.